The maximum atomic E-state index is 13.0. The van der Waals surface area contributed by atoms with Crippen molar-refractivity contribution in [2.24, 2.45) is 4.99 Å². The smallest absolute Gasteiger partial charge is 0.224 e. The fourth-order valence-electron chi connectivity index (χ4n) is 1.94. The average molecular weight is 278 g/mol. The third-order valence-corrected chi connectivity index (χ3v) is 2.90. The Balaban J connectivity index is 1.63. The Morgan fingerprint density at radius 3 is 3.05 bits per heavy atom. The minimum absolute atomic E-state index is 0.118. The summed E-state index contributed by atoms with van der Waals surface area (Å²) in [6, 6.07) is 6.43. The third-order valence-electron chi connectivity index (χ3n) is 2.90. The molecule has 0 spiro atoms. The molecule has 5 nitrogen and oxygen atoms in total. The van der Waals surface area contributed by atoms with Crippen molar-refractivity contribution in [2.75, 3.05) is 19.6 Å². The zero-order valence-electron chi connectivity index (χ0n) is 11.4. The van der Waals surface area contributed by atoms with Crippen LogP contribution < -0.4 is 16.0 Å². The minimum Gasteiger partial charge on any atom is -0.355 e. The number of hydrogen-bond acceptors (Lipinski definition) is 4. The van der Waals surface area contributed by atoms with E-state index in [0.29, 0.717) is 24.7 Å². The molecule has 0 saturated carbocycles. The lowest BCUT2D eigenvalue weighted by molar-refractivity contribution is -0.120. The highest BCUT2D eigenvalue weighted by molar-refractivity contribution is 5.82. The van der Waals surface area contributed by atoms with Crippen molar-refractivity contribution >= 4 is 11.9 Å². The van der Waals surface area contributed by atoms with E-state index in [1.54, 1.807) is 12.1 Å². The van der Waals surface area contributed by atoms with Gasteiger partial charge in [0, 0.05) is 19.1 Å². The summed E-state index contributed by atoms with van der Waals surface area (Å²) in [5.74, 6) is 0.334. The number of benzene rings is 1. The number of amides is 1. The summed E-state index contributed by atoms with van der Waals surface area (Å²) in [6.07, 6.45) is 0.188. The largest absolute Gasteiger partial charge is 0.355 e. The Morgan fingerprint density at radius 2 is 2.35 bits per heavy atom. The maximum Gasteiger partial charge on any atom is 0.224 e. The minimum atomic E-state index is -0.323. The highest BCUT2D eigenvalue weighted by Crippen LogP contribution is 2.03. The lowest BCUT2D eigenvalue weighted by atomic mass is 10.1. The monoisotopic (exact) mass is 278 g/mol. The molecule has 6 heteroatoms. The average Bonchev–Trinajstić information content (AvgIpc) is 2.80. The standard InChI is InChI=1S/C14H19FN4O/c1-10-9-18-14(19-10)17-6-5-16-13(20)8-11-3-2-4-12(15)7-11/h2-4,7,10H,5-6,8-9H2,1H3,(H,16,20)(H2,17,18,19). The van der Waals surface area contributed by atoms with Crippen LogP contribution in [-0.2, 0) is 11.2 Å². The van der Waals surface area contributed by atoms with Crippen LogP contribution in [0, 0.1) is 5.82 Å². The Morgan fingerprint density at radius 1 is 1.50 bits per heavy atom. The van der Waals surface area contributed by atoms with Crippen LogP contribution in [0.4, 0.5) is 4.39 Å². The summed E-state index contributed by atoms with van der Waals surface area (Å²) in [7, 11) is 0. The first kappa shape index (κ1) is 14.3. The number of nitrogens with one attached hydrogen (secondary N) is 3. The molecule has 1 heterocycles. The number of aliphatic imine (C=N–C) groups is 1. The second-order valence-corrected chi connectivity index (χ2v) is 4.82. The molecule has 1 aromatic carbocycles. The van der Waals surface area contributed by atoms with Gasteiger partial charge in [-0.2, -0.15) is 0 Å². The van der Waals surface area contributed by atoms with Gasteiger partial charge in [-0.15, -0.1) is 0 Å². The molecule has 1 aliphatic heterocycles. The molecule has 0 bridgehead atoms. The first-order chi connectivity index (χ1) is 9.63. The molecule has 0 aromatic heterocycles. The number of carbonyl (C=O) groups is 1. The van der Waals surface area contributed by atoms with Crippen molar-refractivity contribution in [2.45, 2.75) is 19.4 Å². The Kier molecular flexibility index (Phi) is 4.92. The van der Waals surface area contributed by atoms with Crippen molar-refractivity contribution in [3.8, 4) is 0 Å². The molecule has 1 unspecified atom stereocenters. The van der Waals surface area contributed by atoms with Crippen molar-refractivity contribution in [3.63, 3.8) is 0 Å². The highest BCUT2D eigenvalue weighted by atomic mass is 19.1. The van der Waals surface area contributed by atoms with E-state index in [2.05, 4.69) is 27.9 Å². The first-order valence-electron chi connectivity index (χ1n) is 6.69. The van der Waals surface area contributed by atoms with E-state index in [9.17, 15) is 9.18 Å². The Labute approximate surface area is 117 Å². The van der Waals surface area contributed by atoms with Crippen LogP contribution in [0.15, 0.2) is 29.3 Å². The third kappa shape index (κ3) is 4.53. The molecule has 20 heavy (non-hydrogen) atoms. The molecule has 0 fully saturated rings. The normalized spacial score (nSPS) is 17.3. The summed E-state index contributed by atoms with van der Waals surface area (Å²) in [4.78, 5) is 15.9. The Bertz CT molecular complexity index is 504. The molecule has 108 valence electrons. The van der Waals surface area contributed by atoms with Gasteiger partial charge in [-0.25, -0.2) is 4.39 Å². The van der Waals surface area contributed by atoms with Gasteiger partial charge >= 0.3 is 0 Å². The van der Waals surface area contributed by atoms with Crippen LogP contribution in [-0.4, -0.2) is 37.5 Å². The van der Waals surface area contributed by atoms with Crippen LogP contribution in [0.1, 0.15) is 12.5 Å². The predicted molar refractivity (Wildman–Crippen MR) is 76.0 cm³/mol. The second kappa shape index (κ2) is 6.88. The van der Waals surface area contributed by atoms with E-state index in [4.69, 9.17) is 0 Å². The van der Waals surface area contributed by atoms with Gasteiger partial charge in [0.05, 0.1) is 13.0 Å². The summed E-state index contributed by atoms with van der Waals surface area (Å²) < 4.78 is 13.0. The Hall–Kier alpha value is -2.11. The van der Waals surface area contributed by atoms with Gasteiger partial charge < -0.3 is 16.0 Å². The first-order valence-corrected chi connectivity index (χ1v) is 6.69. The van der Waals surface area contributed by atoms with Crippen molar-refractivity contribution in [1.82, 2.24) is 16.0 Å². The molecular formula is C14H19FN4O. The SMILES string of the molecule is CC1CN=C(NCCNC(=O)Cc2cccc(F)c2)N1. The van der Waals surface area contributed by atoms with E-state index in [1.807, 2.05) is 0 Å². The van der Waals surface area contributed by atoms with Crippen LogP contribution in [0.3, 0.4) is 0 Å². The van der Waals surface area contributed by atoms with Gasteiger partial charge in [0.25, 0.3) is 0 Å². The van der Waals surface area contributed by atoms with Crippen molar-refractivity contribution in [3.05, 3.63) is 35.6 Å². The molecule has 0 radical (unpaired) electrons. The zero-order valence-corrected chi connectivity index (χ0v) is 11.4. The van der Waals surface area contributed by atoms with Crippen molar-refractivity contribution < 1.29 is 9.18 Å². The van der Waals surface area contributed by atoms with E-state index < -0.39 is 0 Å². The predicted octanol–water partition coefficient (Wildman–Crippen LogP) is 0.422. The van der Waals surface area contributed by atoms with E-state index in [-0.39, 0.29) is 18.1 Å². The molecule has 1 aromatic rings. The highest BCUT2D eigenvalue weighted by Gasteiger charge is 2.11. The molecule has 0 saturated heterocycles. The lowest BCUT2D eigenvalue weighted by Crippen LogP contribution is -2.41. The molecular weight excluding hydrogens is 259 g/mol. The van der Waals surface area contributed by atoms with Gasteiger partial charge in [0.15, 0.2) is 5.96 Å². The summed E-state index contributed by atoms with van der Waals surface area (Å²) in [5, 5.41) is 9.06. The second-order valence-electron chi connectivity index (χ2n) is 4.82. The topological polar surface area (TPSA) is 65.5 Å². The van der Waals surface area contributed by atoms with Crippen LogP contribution in [0.2, 0.25) is 0 Å². The molecule has 1 amide bonds. The van der Waals surface area contributed by atoms with Crippen LogP contribution >= 0.6 is 0 Å². The number of rotatable bonds is 5. The molecule has 2 rings (SSSR count). The lowest BCUT2D eigenvalue weighted by Gasteiger charge is -2.09. The van der Waals surface area contributed by atoms with Gasteiger partial charge in [0.1, 0.15) is 5.82 Å². The summed E-state index contributed by atoms with van der Waals surface area (Å²) >= 11 is 0. The molecule has 1 atom stereocenters. The fraction of sp³-hybridized carbons (Fsp3) is 0.429. The van der Waals surface area contributed by atoms with E-state index in [0.717, 1.165) is 12.5 Å². The fourth-order valence-corrected chi connectivity index (χ4v) is 1.94. The molecule has 3 N–H and O–H groups in total. The number of carbonyl (C=O) groups excluding carboxylic acids is 1. The summed E-state index contributed by atoms with van der Waals surface area (Å²) in [6.45, 7) is 3.93. The number of nitrogens with zero attached hydrogens (tertiary/aromatic N) is 1. The quantitative estimate of drug-likeness (QED) is 0.684. The van der Waals surface area contributed by atoms with Crippen molar-refractivity contribution in [1.29, 1.82) is 0 Å². The molecule has 0 aliphatic carbocycles. The van der Waals surface area contributed by atoms with E-state index >= 15 is 0 Å². The van der Waals surface area contributed by atoms with Gasteiger partial charge in [-0.1, -0.05) is 12.1 Å². The molecule has 1 aliphatic rings. The number of halogens is 1. The maximum absolute atomic E-state index is 13.0. The van der Waals surface area contributed by atoms with Crippen LogP contribution in [0.5, 0.6) is 0 Å². The van der Waals surface area contributed by atoms with Gasteiger partial charge in [-0.05, 0) is 24.6 Å². The number of hydrogen-bond donors (Lipinski definition) is 3. The van der Waals surface area contributed by atoms with E-state index in [1.165, 1.54) is 12.1 Å². The van der Waals surface area contributed by atoms with Crippen LogP contribution in [0.25, 0.3) is 0 Å². The summed E-state index contributed by atoms with van der Waals surface area (Å²) in [5.41, 5.74) is 0.672. The van der Waals surface area contributed by atoms with Gasteiger partial charge in [-0.3, -0.25) is 9.79 Å². The van der Waals surface area contributed by atoms with Gasteiger partial charge in [0.2, 0.25) is 5.91 Å². The zero-order chi connectivity index (χ0) is 14.4. The number of guanidine groups is 1.